The summed E-state index contributed by atoms with van der Waals surface area (Å²) in [5, 5.41) is 2.89. The molecular formula is C22H32N2O5S. The smallest absolute Gasteiger partial charge is 0.241 e. The van der Waals surface area contributed by atoms with Gasteiger partial charge in [-0.2, -0.15) is 4.72 Å². The molecule has 0 saturated heterocycles. The molecule has 0 radical (unpaired) electrons. The Morgan fingerprint density at radius 2 is 1.87 bits per heavy atom. The number of sulfonamides is 1. The Labute approximate surface area is 179 Å². The summed E-state index contributed by atoms with van der Waals surface area (Å²) in [6.07, 6.45) is 8.42. The van der Waals surface area contributed by atoms with Crippen molar-refractivity contribution in [3.05, 3.63) is 29.8 Å². The van der Waals surface area contributed by atoms with Gasteiger partial charge in [0.15, 0.2) is 11.5 Å². The van der Waals surface area contributed by atoms with Gasteiger partial charge in [-0.05, 0) is 50.2 Å². The van der Waals surface area contributed by atoms with Crippen molar-refractivity contribution >= 4 is 15.9 Å². The lowest BCUT2D eigenvalue weighted by Gasteiger charge is -2.22. The summed E-state index contributed by atoms with van der Waals surface area (Å²) in [5.41, 5.74) is 1.37. The van der Waals surface area contributed by atoms with Gasteiger partial charge in [-0.15, -0.1) is 0 Å². The van der Waals surface area contributed by atoms with Crippen molar-refractivity contribution in [1.29, 1.82) is 0 Å². The third-order valence-electron chi connectivity index (χ3n) is 5.39. The number of benzene rings is 1. The van der Waals surface area contributed by atoms with Crippen molar-refractivity contribution in [3.63, 3.8) is 0 Å². The molecule has 1 aliphatic carbocycles. The Balaban J connectivity index is 1.65. The molecule has 0 aromatic heterocycles. The number of allylic oxidation sites excluding steroid dienone is 1. The van der Waals surface area contributed by atoms with Crippen LogP contribution < -0.4 is 19.5 Å². The van der Waals surface area contributed by atoms with Crippen LogP contribution in [0.2, 0.25) is 0 Å². The zero-order valence-electron chi connectivity index (χ0n) is 17.8. The lowest BCUT2D eigenvalue weighted by molar-refractivity contribution is -0.123. The van der Waals surface area contributed by atoms with Crippen LogP contribution in [0, 0.1) is 5.92 Å². The van der Waals surface area contributed by atoms with E-state index in [1.54, 1.807) is 6.07 Å². The second-order valence-corrected chi connectivity index (χ2v) is 9.87. The Bertz CT molecular complexity index is 880. The topological polar surface area (TPSA) is 93.7 Å². The van der Waals surface area contributed by atoms with Gasteiger partial charge in [0.25, 0.3) is 0 Å². The highest BCUT2D eigenvalue weighted by Gasteiger charge is 2.29. The molecule has 0 bridgehead atoms. The minimum absolute atomic E-state index is 0.0533. The van der Waals surface area contributed by atoms with Crippen LogP contribution in [0.5, 0.6) is 11.5 Å². The first-order valence-corrected chi connectivity index (χ1v) is 12.2. The fourth-order valence-corrected chi connectivity index (χ4v) is 4.99. The van der Waals surface area contributed by atoms with E-state index >= 15 is 0 Å². The van der Waals surface area contributed by atoms with E-state index in [2.05, 4.69) is 16.1 Å². The van der Waals surface area contributed by atoms with Gasteiger partial charge in [-0.1, -0.05) is 25.5 Å². The minimum Gasteiger partial charge on any atom is -0.490 e. The molecule has 0 unspecified atom stereocenters. The number of hydrogen-bond donors (Lipinski definition) is 2. The Hall–Kier alpha value is -2.06. The van der Waals surface area contributed by atoms with E-state index in [0.717, 1.165) is 25.7 Å². The fourth-order valence-electron chi connectivity index (χ4n) is 3.63. The molecule has 1 amide bonds. The average molecular weight is 437 g/mol. The van der Waals surface area contributed by atoms with E-state index in [-0.39, 0.29) is 16.7 Å². The highest BCUT2D eigenvalue weighted by molar-refractivity contribution is 7.89. The van der Waals surface area contributed by atoms with Crippen LogP contribution in [-0.4, -0.2) is 40.1 Å². The van der Waals surface area contributed by atoms with E-state index in [9.17, 15) is 13.2 Å². The van der Waals surface area contributed by atoms with E-state index in [0.29, 0.717) is 31.3 Å². The van der Waals surface area contributed by atoms with E-state index < -0.39 is 16.1 Å². The Morgan fingerprint density at radius 1 is 1.10 bits per heavy atom. The van der Waals surface area contributed by atoms with Crippen LogP contribution >= 0.6 is 0 Å². The first-order chi connectivity index (χ1) is 14.4. The summed E-state index contributed by atoms with van der Waals surface area (Å²) in [7, 11) is -3.90. The molecule has 7 nitrogen and oxygen atoms in total. The van der Waals surface area contributed by atoms with Crippen LogP contribution in [0.4, 0.5) is 0 Å². The summed E-state index contributed by atoms with van der Waals surface area (Å²) in [4.78, 5) is 12.8. The second-order valence-electron chi connectivity index (χ2n) is 8.15. The van der Waals surface area contributed by atoms with E-state index in [4.69, 9.17) is 9.47 Å². The fraction of sp³-hybridized carbons (Fsp3) is 0.591. The standard InChI is InChI=1S/C22H32N2O5S/c1-16(2)21(22(25)23-12-11-17-7-4-3-5-8-17)24-30(26,27)18-9-10-19-20(15-18)29-14-6-13-28-19/h7,9-10,15-16,21,24H,3-6,8,11-14H2,1-2H3,(H,23,25)/t21-/m0/s1. The third-order valence-corrected chi connectivity index (χ3v) is 6.83. The zero-order valence-corrected chi connectivity index (χ0v) is 18.6. The van der Waals surface area contributed by atoms with Crippen molar-refractivity contribution < 1.29 is 22.7 Å². The van der Waals surface area contributed by atoms with Gasteiger partial charge < -0.3 is 14.8 Å². The molecular weight excluding hydrogens is 404 g/mol. The maximum atomic E-state index is 12.9. The summed E-state index contributed by atoms with van der Waals surface area (Å²) in [6.45, 7) is 5.16. The quantitative estimate of drug-likeness (QED) is 0.611. The predicted octanol–water partition coefficient (Wildman–Crippen LogP) is 3.16. The van der Waals surface area contributed by atoms with Gasteiger partial charge in [0.1, 0.15) is 6.04 Å². The zero-order chi connectivity index (χ0) is 21.6. The van der Waals surface area contributed by atoms with Crippen molar-refractivity contribution in [2.45, 2.75) is 63.3 Å². The molecule has 8 heteroatoms. The van der Waals surface area contributed by atoms with Crippen LogP contribution in [0.25, 0.3) is 0 Å². The molecule has 2 N–H and O–H groups in total. The molecule has 1 aromatic carbocycles. The lowest BCUT2D eigenvalue weighted by atomic mass is 9.97. The first-order valence-electron chi connectivity index (χ1n) is 10.7. The molecule has 30 heavy (non-hydrogen) atoms. The van der Waals surface area contributed by atoms with E-state index in [1.165, 1.54) is 30.5 Å². The number of carbonyl (C=O) groups excluding carboxylic acids is 1. The normalized spacial score (nSPS) is 17.8. The number of nitrogens with one attached hydrogen (secondary N) is 2. The van der Waals surface area contributed by atoms with Crippen LogP contribution in [0.15, 0.2) is 34.7 Å². The highest BCUT2D eigenvalue weighted by atomic mass is 32.2. The van der Waals surface area contributed by atoms with Gasteiger partial charge >= 0.3 is 0 Å². The van der Waals surface area contributed by atoms with Crippen LogP contribution in [0.1, 0.15) is 52.4 Å². The number of fused-ring (bicyclic) bond motifs is 1. The number of hydrogen-bond acceptors (Lipinski definition) is 5. The van der Waals surface area contributed by atoms with Gasteiger partial charge in [-0.25, -0.2) is 8.42 Å². The maximum Gasteiger partial charge on any atom is 0.241 e. The average Bonchev–Trinajstić information content (AvgIpc) is 2.97. The Morgan fingerprint density at radius 3 is 2.57 bits per heavy atom. The number of rotatable bonds is 8. The maximum absolute atomic E-state index is 12.9. The largest absolute Gasteiger partial charge is 0.490 e. The second kappa shape index (κ2) is 10.3. The predicted molar refractivity (Wildman–Crippen MR) is 115 cm³/mol. The molecule has 2 aliphatic rings. The third kappa shape index (κ3) is 5.98. The van der Waals surface area contributed by atoms with Crippen LogP contribution in [-0.2, 0) is 14.8 Å². The van der Waals surface area contributed by atoms with Crippen molar-refractivity contribution in [1.82, 2.24) is 10.0 Å². The monoisotopic (exact) mass is 436 g/mol. The number of amides is 1. The summed E-state index contributed by atoms with van der Waals surface area (Å²) in [6, 6.07) is 3.66. The summed E-state index contributed by atoms with van der Waals surface area (Å²) < 4.78 is 39.6. The van der Waals surface area contributed by atoms with Gasteiger partial charge in [0.05, 0.1) is 18.1 Å². The highest BCUT2D eigenvalue weighted by Crippen LogP contribution is 2.32. The summed E-state index contributed by atoms with van der Waals surface area (Å²) in [5.74, 6) is 0.428. The summed E-state index contributed by atoms with van der Waals surface area (Å²) >= 11 is 0. The minimum atomic E-state index is -3.90. The van der Waals surface area contributed by atoms with Gasteiger partial charge in [0, 0.05) is 19.0 Å². The SMILES string of the molecule is CC(C)[C@H](NS(=O)(=O)c1ccc2c(c1)OCCCO2)C(=O)NCCC1=CCCCC1. The number of ether oxygens (including phenoxy) is 2. The Kier molecular flexibility index (Phi) is 7.77. The molecule has 0 fully saturated rings. The molecule has 1 aliphatic heterocycles. The first kappa shape index (κ1) is 22.6. The van der Waals surface area contributed by atoms with Crippen molar-refractivity contribution in [2.75, 3.05) is 19.8 Å². The van der Waals surface area contributed by atoms with E-state index in [1.807, 2.05) is 13.8 Å². The van der Waals surface area contributed by atoms with Crippen LogP contribution in [0.3, 0.4) is 0 Å². The molecule has 0 spiro atoms. The van der Waals surface area contributed by atoms with Crippen molar-refractivity contribution in [2.24, 2.45) is 5.92 Å². The molecule has 1 heterocycles. The molecule has 0 saturated carbocycles. The molecule has 3 rings (SSSR count). The molecule has 1 atom stereocenters. The van der Waals surface area contributed by atoms with Gasteiger partial charge in [-0.3, -0.25) is 4.79 Å². The lowest BCUT2D eigenvalue weighted by Crippen LogP contribution is -2.49. The molecule has 1 aromatic rings. The van der Waals surface area contributed by atoms with Crippen molar-refractivity contribution in [3.8, 4) is 11.5 Å². The molecule has 166 valence electrons. The van der Waals surface area contributed by atoms with Gasteiger partial charge in [0.2, 0.25) is 15.9 Å². The number of carbonyl (C=O) groups is 1.